The van der Waals surface area contributed by atoms with Crippen LogP contribution in [-0.4, -0.2) is 14.6 Å². The quantitative estimate of drug-likeness (QED) is 0.677. The molecule has 0 unspecified atom stereocenters. The molecule has 0 saturated carbocycles. The molecule has 0 amide bonds. The number of pyridine rings is 1. The van der Waals surface area contributed by atoms with Crippen molar-refractivity contribution in [2.45, 2.75) is 26.7 Å². The summed E-state index contributed by atoms with van der Waals surface area (Å²) in [6.07, 6.45) is 0. The van der Waals surface area contributed by atoms with Crippen molar-refractivity contribution in [1.82, 2.24) is 14.6 Å². The minimum atomic E-state index is 0.453. The van der Waals surface area contributed by atoms with Gasteiger partial charge in [-0.15, -0.1) is 0 Å². The lowest BCUT2D eigenvalue weighted by Gasteiger charge is -2.05. The van der Waals surface area contributed by atoms with Crippen LogP contribution in [0.3, 0.4) is 0 Å². The molecular weight excluding hydrogens is 198 g/mol. The van der Waals surface area contributed by atoms with E-state index < -0.39 is 0 Å². The summed E-state index contributed by atoms with van der Waals surface area (Å²) in [4.78, 5) is 4.28. The summed E-state index contributed by atoms with van der Waals surface area (Å²) in [7, 11) is 0. The molecule has 0 fully saturated rings. The molecule has 0 atom stereocenters. The molecule has 0 aliphatic heterocycles. The highest BCUT2D eigenvalue weighted by molar-refractivity contribution is 6.29. The lowest BCUT2D eigenvalue weighted by molar-refractivity contribution is 0.853. The van der Waals surface area contributed by atoms with E-state index in [0.717, 1.165) is 11.5 Å². The zero-order valence-electron chi connectivity index (χ0n) is 8.45. The van der Waals surface area contributed by atoms with E-state index in [4.69, 9.17) is 11.6 Å². The van der Waals surface area contributed by atoms with Crippen LogP contribution < -0.4 is 0 Å². The summed E-state index contributed by atoms with van der Waals surface area (Å²) in [5.41, 5.74) is 2.01. The molecule has 0 spiro atoms. The smallest absolute Gasteiger partial charge is 0.157 e. The van der Waals surface area contributed by atoms with Gasteiger partial charge in [0.05, 0.1) is 0 Å². The van der Waals surface area contributed by atoms with Crippen LogP contribution >= 0.6 is 11.6 Å². The van der Waals surface area contributed by atoms with Crippen molar-refractivity contribution in [3.8, 4) is 0 Å². The molecule has 0 N–H and O–H groups in total. The number of hydrogen-bond acceptors (Lipinski definition) is 2. The maximum absolute atomic E-state index is 6.08. The van der Waals surface area contributed by atoms with Gasteiger partial charge < -0.3 is 0 Å². The summed E-state index contributed by atoms with van der Waals surface area (Å²) in [5, 5.41) is 4.80. The second kappa shape index (κ2) is 3.24. The van der Waals surface area contributed by atoms with Gasteiger partial charge in [-0.05, 0) is 30.5 Å². The molecule has 0 bridgehead atoms. The van der Waals surface area contributed by atoms with E-state index in [0.29, 0.717) is 11.1 Å². The fourth-order valence-electron chi connectivity index (χ4n) is 1.40. The fraction of sp³-hybridized carbons (Fsp3) is 0.400. The van der Waals surface area contributed by atoms with Gasteiger partial charge in [0.1, 0.15) is 11.0 Å². The monoisotopic (exact) mass is 209 g/mol. The standard InChI is InChI=1S/C10H12ClN3/c1-6(2)8-4-9(11)14-10(5-8)12-7(3)13-14/h4-6H,1-3H3. The van der Waals surface area contributed by atoms with Gasteiger partial charge >= 0.3 is 0 Å². The normalized spacial score (nSPS) is 11.5. The van der Waals surface area contributed by atoms with Crippen LogP contribution in [0.25, 0.3) is 5.65 Å². The fourth-order valence-corrected chi connectivity index (χ4v) is 1.66. The molecule has 4 heteroatoms. The average Bonchev–Trinajstić information content (AvgIpc) is 2.45. The highest BCUT2D eigenvalue weighted by Gasteiger charge is 2.07. The average molecular weight is 210 g/mol. The van der Waals surface area contributed by atoms with Gasteiger partial charge in [0.25, 0.3) is 0 Å². The SMILES string of the molecule is Cc1nc2cc(C(C)C)cc(Cl)n2n1. The molecule has 3 nitrogen and oxygen atoms in total. The van der Waals surface area contributed by atoms with Crippen LogP contribution in [0, 0.1) is 6.92 Å². The van der Waals surface area contributed by atoms with Crippen LogP contribution in [-0.2, 0) is 0 Å². The summed E-state index contributed by atoms with van der Waals surface area (Å²) in [5.74, 6) is 1.20. The van der Waals surface area contributed by atoms with E-state index in [1.807, 2.05) is 19.1 Å². The van der Waals surface area contributed by atoms with Gasteiger partial charge in [0.2, 0.25) is 0 Å². The number of nitrogens with zero attached hydrogens (tertiary/aromatic N) is 3. The van der Waals surface area contributed by atoms with E-state index in [9.17, 15) is 0 Å². The Bertz CT molecular complexity index is 473. The zero-order valence-corrected chi connectivity index (χ0v) is 9.21. The molecule has 2 aromatic heterocycles. The molecule has 0 aromatic carbocycles. The first-order valence-corrected chi connectivity index (χ1v) is 4.98. The Labute approximate surface area is 87.7 Å². The highest BCUT2D eigenvalue weighted by Crippen LogP contribution is 2.20. The van der Waals surface area contributed by atoms with E-state index in [2.05, 4.69) is 23.9 Å². The van der Waals surface area contributed by atoms with Gasteiger partial charge in [0, 0.05) is 0 Å². The summed E-state index contributed by atoms with van der Waals surface area (Å²) >= 11 is 6.08. The molecule has 0 radical (unpaired) electrons. The molecule has 0 aliphatic carbocycles. The molecule has 0 aliphatic rings. The number of fused-ring (bicyclic) bond motifs is 1. The van der Waals surface area contributed by atoms with Crippen LogP contribution in [0.4, 0.5) is 0 Å². The van der Waals surface area contributed by atoms with Crippen molar-refractivity contribution < 1.29 is 0 Å². The van der Waals surface area contributed by atoms with Crippen molar-refractivity contribution >= 4 is 17.2 Å². The molecule has 2 rings (SSSR count). The third kappa shape index (κ3) is 1.48. The predicted molar refractivity (Wildman–Crippen MR) is 56.8 cm³/mol. The van der Waals surface area contributed by atoms with Gasteiger partial charge in [-0.2, -0.15) is 5.10 Å². The summed E-state index contributed by atoms with van der Waals surface area (Å²) < 4.78 is 1.66. The molecule has 0 saturated heterocycles. The van der Waals surface area contributed by atoms with Gasteiger partial charge in [-0.3, -0.25) is 0 Å². The number of rotatable bonds is 1. The summed E-state index contributed by atoms with van der Waals surface area (Å²) in [6.45, 7) is 6.12. The molecule has 2 heterocycles. The van der Waals surface area contributed by atoms with Crippen molar-refractivity contribution in [1.29, 1.82) is 0 Å². The molecule has 74 valence electrons. The van der Waals surface area contributed by atoms with Gasteiger partial charge in [-0.25, -0.2) is 9.50 Å². The first kappa shape index (κ1) is 9.46. The van der Waals surface area contributed by atoms with Crippen LogP contribution in [0.15, 0.2) is 12.1 Å². The second-order valence-corrected chi connectivity index (χ2v) is 4.08. The second-order valence-electron chi connectivity index (χ2n) is 3.70. The minimum absolute atomic E-state index is 0.453. The first-order chi connectivity index (χ1) is 6.58. The predicted octanol–water partition coefficient (Wildman–Crippen LogP) is 2.81. The van der Waals surface area contributed by atoms with Crippen LogP contribution in [0.1, 0.15) is 31.2 Å². The maximum Gasteiger partial charge on any atom is 0.157 e. The first-order valence-electron chi connectivity index (χ1n) is 4.61. The van der Waals surface area contributed by atoms with Crippen LogP contribution in [0.5, 0.6) is 0 Å². The van der Waals surface area contributed by atoms with E-state index in [-0.39, 0.29) is 0 Å². The minimum Gasteiger partial charge on any atom is -0.212 e. The Kier molecular flexibility index (Phi) is 2.19. The number of halogens is 1. The van der Waals surface area contributed by atoms with Crippen molar-refractivity contribution in [2.75, 3.05) is 0 Å². The zero-order chi connectivity index (χ0) is 10.3. The number of aromatic nitrogens is 3. The molecular formula is C10H12ClN3. The molecule has 2 aromatic rings. The number of hydrogen-bond donors (Lipinski definition) is 0. The van der Waals surface area contributed by atoms with Crippen molar-refractivity contribution in [2.24, 2.45) is 0 Å². The van der Waals surface area contributed by atoms with Crippen molar-refractivity contribution in [3.05, 3.63) is 28.7 Å². The van der Waals surface area contributed by atoms with Crippen molar-refractivity contribution in [3.63, 3.8) is 0 Å². The lowest BCUT2D eigenvalue weighted by Crippen LogP contribution is -1.94. The summed E-state index contributed by atoms with van der Waals surface area (Å²) in [6, 6.07) is 3.96. The third-order valence-corrected chi connectivity index (χ3v) is 2.46. The van der Waals surface area contributed by atoms with E-state index in [1.54, 1.807) is 4.52 Å². The van der Waals surface area contributed by atoms with Crippen LogP contribution in [0.2, 0.25) is 5.15 Å². The van der Waals surface area contributed by atoms with E-state index in [1.165, 1.54) is 5.56 Å². The Morgan fingerprint density at radius 3 is 2.71 bits per heavy atom. The van der Waals surface area contributed by atoms with Gasteiger partial charge in [0.15, 0.2) is 5.65 Å². The maximum atomic E-state index is 6.08. The topological polar surface area (TPSA) is 30.2 Å². The Hall–Kier alpha value is -1.09. The third-order valence-electron chi connectivity index (χ3n) is 2.19. The largest absolute Gasteiger partial charge is 0.212 e. The highest BCUT2D eigenvalue weighted by atomic mass is 35.5. The van der Waals surface area contributed by atoms with Gasteiger partial charge in [-0.1, -0.05) is 25.4 Å². The Balaban J connectivity index is 2.71. The number of aryl methyl sites for hydroxylation is 1. The Morgan fingerprint density at radius 2 is 2.07 bits per heavy atom. The lowest BCUT2D eigenvalue weighted by atomic mass is 10.1. The van der Waals surface area contributed by atoms with E-state index >= 15 is 0 Å². The molecule has 14 heavy (non-hydrogen) atoms. The Morgan fingerprint density at radius 1 is 1.36 bits per heavy atom.